The van der Waals surface area contributed by atoms with Gasteiger partial charge in [-0.2, -0.15) is 0 Å². The molecule has 0 heterocycles. The van der Waals surface area contributed by atoms with Crippen LogP contribution < -0.4 is 15.0 Å². The predicted octanol–water partition coefficient (Wildman–Crippen LogP) is 3.93. The molecule has 0 aliphatic heterocycles. The fourth-order valence-electron chi connectivity index (χ4n) is 3.50. The van der Waals surface area contributed by atoms with E-state index in [0.717, 1.165) is 29.8 Å². The number of benzene rings is 2. The van der Waals surface area contributed by atoms with Gasteiger partial charge in [-0.1, -0.05) is 43.2 Å². The summed E-state index contributed by atoms with van der Waals surface area (Å²) in [6.45, 7) is 0. The fraction of sp³-hybridized carbons (Fsp3) is 0.381. The highest BCUT2D eigenvalue weighted by Gasteiger charge is 2.28. The Morgan fingerprint density at radius 3 is 2.32 bits per heavy atom. The van der Waals surface area contributed by atoms with Crippen LogP contribution in [-0.2, 0) is 4.79 Å². The van der Waals surface area contributed by atoms with Gasteiger partial charge in [0.25, 0.3) is 0 Å². The Kier molecular flexibility index (Phi) is 5.59. The Hall–Kier alpha value is -2.49. The van der Waals surface area contributed by atoms with Crippen molar-refractivity contribution in [1.29, 1.82) is 0 Å². The van der Waals surface area contributed by atoms with Crippen LogP contribution in [0.3, 0.4) is 0 Å². The Morgan fingerprint density at radius 2 is 1.72 bits per heavy atom. The zero-order chi connectivity index (χ0) is 17.6. The lowest BCUT2D eigenvalue weighted by atomic mass is 10.0. The summed E-state index contributed by atoms with van der Waals surface area (Å²) in [6, 6.07) is 17.7. The van der Waals surface area contributed by atoms with Crippen LogP contribution in [0.15, 0.2) is 54.6 Å². The second kappa shape index (κ2) is 8.06. The van der Waals surface area contributed by atoms with Crippen molar-refractivity contribution in [2.45, 2.75) is 37.8 Å². The maximum absolute atomic E-state index is 13.1. The van der Waals surface area contributed by atoms with E-state index in [0.29, 0.717) is 6.04 Å². The van der Waals surface area contributed by atoms with Gasteiger partial charge < -0.3 is 15.0 Å². The molecule has 132 valence electrons. The van der Waals surface area contributed by atoms with E-state index < -0.39 is 0 Å². The first kappa shape index (κ1) is 17.3. The highest BCUT2D eigenvalue weighted by molar-refractivity contribution is 5.87. The Labute approximate surface area is 149 Å². The monoisotopic (exact) mass is 338 g/mol. The quantitative estimate of drug-likeness (QED) is 0.868. The van der Waals surface area contributed by atoms with Crippen molar-refractivity contribution in [3.8, 4) is 5.75 Å². The van der Waals surface area contributed by atoms with Crippen LogP contribution >= 0.6 is 0 Å². The lowest BCUT2D eigenvalue weighted by molar-refractivity contribution is -0.123. The number of rotatable bonds is 6. The zero-order valence-electron chi connectivity index (χ0n) is 14.9. The molecule has 2 aromatic rings. The van der Waals surface area contributed by atoms with Crippen LogP contribution in [0, 0.1) is 0 Å². The van der Waals surface area contributed by atoms with Crippen LogP contribution in [0.2, 0.25) is 0 Å². The smallest absolute Gasteiger partial charge is 0.247 e. The molecule has 1 atom stereocenters. The largest absolute Gasteiger partial charge is 0.497 e. The summed E-state index contributed by atoms with van der Waals surface area (Å²) < 4.78 is 5.25. The van der Waals surface area contributed by atoms with Gasteiger partial charge >= 0.3 is 0 Å². The number of anilines is 1. The number of carbonyl (C=O) groups excluding carboxylic acids is 1. The van der Waals surface area contributed by atoms with Crippen molar-refractivity contribution in [1.82, 2.24) is 5.32 Å². The van der Waals surface area contributed by atoms with Crippen molar-refractivity contribution in [2.24, 2.45) is 0 Å². The maximum Gasteiger partial charge on any atom is 0.247 e. The minimum atomic E-state index is -0.367. The van der Waals surface area contributed by atoms with Crippen molar-refractivity contribution in [3.05, 3.63) is 60.2 Å². The number of ether oxygens (including phenoxy) is 1. The number of methoxy groups -OCH3 is 1. The normalized spacial score (nSPS) is 15.6. The number of likely N-dealkylation sites (N-methyl/N-ethyl adjacent to an activating group) is 1. The SMILES string of the molecule is COc1ccc(C(C(=O)NC2CCCC2)N(C)c2ccccc2)cc1. The molecule has 0 saturated heterocycles. The van der Waals surface area contributed by atoms with Crippen molar-refractivity contribution in [2.75, 3.05) is 19.1 Å². The van der Waals surface area contributed by atoms with Gasteiger partial charge in [-0.25, -0.2) is 0 Å². The molecule has 0 bridgehead atoms. The van der Waals surface area contributed by atoms with E-state index in [9.17, 15) is 4.79 Å². The first-order valence-corrected chi connectivity index (χ1v) is 8.91. The van der Waals surface area contributed by atoms with Gasteiger partial charge in [0.15, 0.2) is 0 Å². The lowest BCUT2D eigenvalue weighted by Crippen LogP contribution is -2.42. The molecule has 1 aliphatic rings. The Bertz CT molecular complexity index is 679. The van der Waals surface area contributed by atoms with E-state index in [1.165, 1.54) is 12.8 Å². The highest BCUT2D eigenvalue weighted by Crippen LogP contribution is 2.28. The van der Waals surface area contributed by atoms with Crippen LogP contribution in [0.4, 0.5) is 5.69 Å². The minimum Gasteiger partial charge on any atom is -0.497 e. The van der Waals surface area contributed by atoms with Gasteiger partial charge in [0.2, 0.25) is 5.91 Å². The van der Waals surface area contributed by atoms with E-state index in [2.05, 4.69) is 5.32 Å². The summed E-state index contributed by atoms with van der Waals surface area (Å²) in [4.78, 5) is 15.1. The third kappa shape index (κ3) is 4.13. The van der Waals surface area contributed by atoms with Crippen LogP contribution in [0.5, 0.6) is 5.75 Å². The van der Waals surface area contributed by atoms with Crippen LogP contribution in [0.1, 0.15) is 37.3 Å². The lowest BCUT2D eigenvalue weighted by Gasteiger charge is -2.30. The Balaban J connectivity index is 1.87. The number of hydrogen-bond donors (Lipinski definition) is 1. The van der Waals surface area contributed by atoms with Gasteiger partial charge in [-0.05, 0) is 42.7 Å². The number of nitrogens with one attached hydrogen (secondary N) is 1. The molecule has 3 rings (SSSR count). The summed E-state index contributed by atoms with van der Waals surface area (Å²) in [5, 5.41) is 3.24. The molecule has 1 unspecified atom stereocenters. The number of nitrogens with zero attached hydrogens (tertiary/aromatic N) is 1. The zero-order valence-corrected chi connectivity index (χ0v) is 14.9. The van der Waals surface area contributed by atoms with E-state index in [1.807, 2.05) is 66.5 Å². The molecule has 4 nitrogen and oxygen atoms in total. The third-order valence-corrected chi connectivity index (χ3v) is 4.93. The molecular weight excluding hydrogens is 312 g/mol. The third-order valence-electron chi connectivity index (χ3n) is 4.93. The average molecular weight is 338 g/mol. The van der Waals surface area contributed by atoms with Crippen molar-refractivity contribution < 1.29 is 9.53 Å². The van der Waals surface area contributed by atoms with Crippen LogP contribution in [0.25, 0.3) is 0 Å². The summed E-state index contributed by atoms with van der Waals surface area (Å²) in [6.07, 6.45) is 4.56. The molecule has 1 aliphatic carbocycles. The standard InChI is InChI=1S/C21H26N2O2/c1-23(18-10-4-3-5-11-18)20(16-12-14-19(25-2)15-13-16)21(24)22-17-8-6-7-9-17/h3-5,10-15,17,20H,6-9H2,1-2H3,(H,22,24). The van der Waals surface area contributed by atoms with Gasteiger partial charge in [0, 0.05) is 18.8 Å². The molecule has 1 saturated carbocycles. The van der Waals surface area contributed by atoms with E-state index >= 15 is 0 Å². The number of hydrogen-bond acceptors (Lipinski definition) is 3. The molecular formula is C21H26N2O2. The molecule has 0 aromatic heterocycles. The average Bonchev–Trinajstić information content (AvgIpc) is 3.16. The first-order valence-electron chi connectivity index (χ1n) is 8.91. The summed E-state index contributed by atoms with van der Waals surface area (Å²) >= 11 is 0. The van der Waals surface area contributed by atoms with Crippen molar-refractivity contribution >= 4 is 11.6 Å². The van der Waals surface area contributed by atoms with Crippen LogP contribution in [-0.4, -0.2) is 26.1 Å². The van der Waals surface area contributed by atoms with Crippen molar-refractivity contribution in [3.63, 3.8) is 0 Å². The molecule has 1 fully saturated rings. The highest BCUT2D eigenvalue weighted by atomic mass is 16.5. The molecule has 2 aromatic carbocycles. The fourth-order valence-corrected chi connectivity index (χ4v) is 3.50. The summed E-state index contributed by atoms with van der Waals surface area (Å²) in [7, 11) is 3.62. The summed E-state index contributed by atoms with van der Waals surface area (Å²) in [5.74, 6) is 0.851. The topological polar surface area (TPSA) is 41.6 Å². The molecule has 1 N–H and O–H groups in total. The number of para-hydroxylation sites is 1. The summed E-state index contributed by atoms with van der Waals surface area (Å²) in [5.41, 5.74) is 1.98. The second-order valence-corrected chi connectivity index (χ2v) is 6.61. The molecule has 25 heavy (non-hydrogen) atoms. The van der Waals surface area contributed by atoms with Gasteiger partial charge in [-0.3, -0.25) is 4.79 Å². The van der Waals surface area contributed by atoms with E-state index in [1.54, 1.807) is 7.11 Å². The first-order chi connectivity index (χ1) is 12.2. The minimum absolute atomic E-state index is 0.0587. The predicted molar refractivity (Wildman–Crippen MR) is 101 cm³/mol. The number of amides is 1. The molecule has 4 heteroatoms. The van der Waals surface area contributed by atoms with Gasteiger partial charge in [0.05, 0.1) is 7.11 Å². The molecule has 0 radical (unpaired) electrons. The molecule has 1 amide bonds. The second-order valence-electron chi connectivity index (χ2n) is 6.61. The molecule has 0 spiro atoms. The van der Waals surface area contributed by atoms with E-state index in [4.69, 9.17) is 4.74 Å². The van der Waals surface area contributed by atoms with Gasteiger partial charge in [0.1, 0.15) is 11.8 Å². The maximum atomic E-state index is 13.1. The Morgan fingerprint density at radius 1 is 1.08 bits per heavy atom. The van der Waals surface area contributed by atoms with Gasteiger partial charge in [-0.15, -0.1) is 0 Å². The number of carbonyl (C=O) groups is 1. The van der Waals surface area contributed by atoms with E-state index in [-0.39, 0.29) is 11.9 Å².